The lowest BCUT2D eigenvalue weighted by atomic mass is 10.2. The predicted octanol–water partition coefficient (Wildman–Crippen LogP) is 1.41. The molecule has 0 aliphatic heterocycles. The highest BCUT2D eigenvalue weighted by atomic mass is 32.2. The zero-order valence-corrected chi connectivity index (χ0v) is 12.2. The van der Waals surface area contributed by atoms with Crippen molar-refractivity contribution in [3.05, 3.63) is 18.2 Å². The van der Waals surface area contributed by atoms with Gasteiger partial charge in [-0.1, -0.05) is 0 Å². The van der Waals surface area contributed by atoms with Gasteiger partial charge in [0, 0.05) is 18.8 Å². The highest BCUT2D eigenvalue weighted by molar-refractivity contribution is 7.89. The molecule has 6 heteroatoms. The Hall–Kier alpha value is -1.27. The van der Waals surface area contributed by atoms with Crippen LogP contribution in [0.3, 0.4) is 0 Å². The molecule has 2 rings (SSSR count). The molecular weight excluding hydrogens is 262 g/mol. The number of nitrogens with one attached hydrogen (secondary N) is 1. The fraction of sp³-hybridized carbons (Fsp3) is 0.538. The molecule has 0 spiro atoms. The molecule has 1 aliphatic carbocycles. The Morgan fingerprint density at radius 1 is 1.42 bits per heavy atom. The Balaban J connectivity index is 2.42. The summed E-state index contributed by atoms with van der Waals surface area (Å²) in [6, 6.07) is 5.07. The van der Waals surface area contributed by atoms with E-state index in [4.69, 9.17) is 5.73 Å². The standard InChI is InChI=1S/C13H21N3O2S/c1-3-16(9-10-4-5-10)12-7-6-11(14)8-13(12)19(17,18)15-2/h6-8,10,15H,3-5,9,14H2,1-2H3. The molecule has 0 unspecified atom stereocenters. The molecule has 0 radical (unpaired) electrons. The van der Waals surface area contributed by atoms with Crippen LogP contribution in [0.15, 0.2) is 23.1 Å². The van der Waals surface area contributed by atoms with Crippen LogP contribution in [-0.2, 0) is 10.0 Å². The second-order valence-electron chi connectivity index (χ2n) is 4.92. The van der Waals surface area contributed by atoms with E-state index in [1.54, 1.807) is 12.1 Å². The molecule has 0 amide bonds. The van der Waals surface area contributed by atoms with Crippen LogP contribution >= 0.6 is 0 Å². The number of benzene rings is 1. The molecule has 1 saturated carbocycles. The van der Waals surface area contributed by atoms with E-state index in [1.165, 1.54) is 26.0 Å². The lowest BCUT2D eigenvalue weighted by Gasteiger charge is -2.25. The molecule has 0 saturated heterocycles. The largest absolute Gasteiger partial charge is 0.399 e. The predicted molar refractivity (Wildman–Crippen MR) is 77.7 cm³/mol. The smallest absolute Gasteiger partial charge is 0.242 e. The average molecular weight is 283 g/mol. The molecule has 0 atom stereocenters. The van der Waals surface area contributed by atoms with Crippen LogP contribution in [-0.4, -0.2) is 28.6 Å². The quantitative estimate of drug-likeness (QED) is 0.774. The van der Waals surface area contributed by atoms with Crippen LogP contribution in [0.1, 0.15) is 19.8 Å². The first-order valence-electron chi connectivity index (χ1n) is 6.56. The van der Waals surface area contributed by atoms with E-state index < -0.39 is 10.0 Å². The Bertz CT molecular complexity index is 553. The van der Waals surface area contributed by atoms with Gasteiger partial charge in [0.25, 0.3) is 0 Å². The van der Waals surface area contributed by atoms with Crippen LogP contribution in [0.25, 0.3) is 0 Å². The lowest BCUT2D eigenvalue weighted by molar-refractivity contribution is 0.587. The molecular formula is C13H21N3O2S. The van der Waals surface area contributed by atoms with Crippen molar-refractivity contribution in [3.63, 3.8) is 0 Å². The van der Waals surface area contributed by atoms with Gasteiger partial charge in [0.2, 0.25) is 10.0 Å². The van der Waals surface area contributed by atoms with Gasteiger partial charge in [-0.25, -0.2) is 13.1 Å². The van der Waals surface area contributed by atoms with Crippen molar-refractivity contribution in [2.45, 2.75) is 24.7 Å². The van der Waals surface area contributed by atoms with Crippen LogP contribution in [0.4, 0.5) is 11.4 Å². The van der Waals surface area contributed by atoms with Gasteiger partial charge in [-0.15, -0.1) is 0 Å². The van der Waals surface area contributed by atoms with E-state index in [2.05, 4.69) is 9.62 Å². The third-order valence-electron chi connectivity index (χ3n) is 3.44. The van der Waals surface area contributed by atoms with Crippen molar-refractivity contribution in [2.24, 2.45) is 5.92 Å². The van der Waals surface area contributed by atoms with E-state index in [0.29, 0.717) is 11.6 Å². The molecule has 3 N–H and O–H groups in total. The molecule has 1 aliphatic rings. The van der Waals surface area contributed by atoms with Crippen LogP contribution in [0.2, 0.25) is 0 Å². The van der Waals surface area contributed by atoms with E-state index in [0.717, 1.165) is 18.8 Å². The van der Waals surface area contributed by atoms with E-state index in [1.807, 2.05) is 6.92 Å². The fourth-order valence-electron chi connectivity index (χ4n) is 2.13. The molecule has 0 bridgehead atoms. The molecule has 106 valence electrons. The Morgan fingerprint density at radius 2 is 2.11 bits per heavy atom. The van der Waals surface area contributed by atoms with Gasteiger partial charge in [0.1, 0.15) is 4.90 Å². The fourth-order valence-corrected chi connectivity index (χ4v) is 3.11. The van der Waals surface area contributed by atoms with Crippen molar-refractivity contribution in [3.8, 4) is 0 Å². The maximum Gasteiger partial charge on any atom is 0.242 e. The topological polar surface area (TPSA) is 75.4 Å². The Morgan fingerprint density at radius 3 is 2.63 bits per heavy atom. The van der Waals surface area contributed by atoms with Crippen LogP contribution in [0, 0.1) is 5.92 Å². The van der Waals surface area contributed by atoms with Gasteiger partial charge >= 0.3 is 0 Å². The normalized spacial score (nSPS) is 15.5. The highest BCUT2D eigenvalue weighted by Gasteiger charge is 2.27. The molecule has 1 aromatic rings. The van der Waals surface area contributed by atoms with Gasteiger partial charge < -0.3 is 10.6 Å². The van der Waals surface area contributed by atoms with Gasteiger partial charge in [0.15, 0.2) is 0 Å². The third kappa shape index (κ3) is 3.19. The maximum atomic E-state index is 12.1. The summed E-state index contributed by atoms with van der Waals surface area (Å²) in [5.41, 5.74) is 6.92. The summed E-state index contributed by atoms with van der Waals surface area (Å²) in [6.45, 7) is 3.73. The molecule has 1 fully saturated rings. The molecule has 1 aromatic carbocycles. The first-order valence-corrected chi connectivity index (χ1v) is 8.04. The maximum absolute atomic E-state index is 12.1. The molecule has 5 nitrogen and oxygen atoms in total. The summed E-state index contributed by atoms with van der Waals surface area (Å²) in [5.74, 6) is 0.697. The monoisotopic (exact) mass is 283 g/mol. The SMILES string of the molecule is CCN(CC1CC1)c1ccc(N)cc1S(=O)(=O)NC. The van der Waals surface area contributed by atoms with E-state index >= 15 is 0 Å². The van der Waals surface area contributed by atoms with Crippen LogP contribution in [0.5, 0.6) is 0 Å². The third-order valence-corrected chi connectivity index (χ3v) is 4.88. The first kappa shape index (κ1) is 14.1. The zero-order chi connectivity index (χ0) is 14.0. The summed E-state index contributed by atoms with van der Waals surface area (Å²) in [7, 11) is -2.08. The number of nitrogens with zero attached hydrogens (tertiary/aromatic N) is 1. The summed E-state index contributed by atoms with van der Waals surface area (Å²) >= 11 is 0. The lowest BCUT2D eigenvalue weighted by Crippen LogP contribution is -2.29. The van der Waals surface area contributed by atoms with Crippen molar-refractivity contribution < 1.29 is 8.42 Å². The summed E-state index contributed by atoms with van der Waals surface area (Å²) in [6.07, 6.45) is 2.47. The molecule has 0 heterocycles. The average Bonchev–Trinajstić information content (AvgIpc) is 3.20. The number of anilines is 2. The van der Waals surface area contributed by atoms with Gasteiger partial charge in [0.05, 0.1) is 5.69 Å². The van der Waals surface area contributed by atoms with Crippen molar-refractivity contribution in [2.75, 3.05) is 30.8 Å². The second kappa shape index (κ2) is 5.38. The minimum atomic E-state index is -3.49. The highest BCUT2D eigenvalue weighted by Crippen LogP contribution is 2.34. The van der Waals surface area contributed by atoms with Crippen molar-refractivity contribution in [1.29, 1.82) is 0 Å². The number of sulfonamides is 1. The zero-order valence-electron chi connectivity index (χ0n) is 11.4. The van der Waals surface area contributed by atoms with Gasteiger partial charge in [-0.05, 0) is 50.9 Å². The van der Waals surface area contributed by atoms with E-state index in [-0.39, 0.29) is 4.90 Å². The first-order chi connectivity index (χ1) is 8.97. The summed E-state index contributed by atoms with van der Waals surface area (Å²) in [5, 5.41) is 0. The number of rotatable bonds is 6. The number of nitrogen functional groups attached to an aromatic ring is 1. The number of hydrogen-bond donors (Lipinski definition) is 2. The van der Waals surface area contributed by atoms with Gasteiger partial charge in [-0.2, -0.15) is 0 Å². The minimum Gasteiger partial charge on any atom is -0.399 e. The van der Waals surface area contributed by atoms with E-state index in [9.17, 15) is 8.42 Å². The van der Waals surface area contributed by atoms with Crippen LogP contribution < -0.4 is 15.4 Å². The summed E-state index contributed by atoms with van der Waals surface area (Å²) < 4.78 is 26.6. The summed E-state index contributed by atoms with van der Waals surface area (Å²) in [4.78, 5) is 2.37. The minimum absolute atomic E-state index is 0.262. The second-order valence-corrected chi connectivity index (χ2v) is 6.77. The molecule has 0 aromatic heterocycles. The number of nitrogens with two attached hydrogens (primary N) is 1. The Labute approximate surface area is 114 Å². The Kier molecular flexibility index (Phi) is 4.01. The van der Waals surface area contributed by atoms with Crippen molar-refractivity contribution >= 4 is 21.4 Å². The number of hydrogen-bond acceptors (Lipinski definition) is 4. The van der Waals surface area contributed by atoms with Crippen molar-refractivity contribution in [1.82, 2.24) is 4.72 Å². The molecule has 19 heavy (non-hydrogen) atoms. The van der Waals surface area contributed by atoms with Gasteiger partial charge in [-0.3, -0.25) is 0 Å².